The maximum atomic E-state index is 13.3. The summed E-state index contributed by atoms with van der Waals surface area (Å²) in [6.07, 6.45) is -4.25. The monoisotopic (exact) mass is 286 g/mol. The molecule has 0 aliphatic heterocycles. The quantitative estimate of drug-likeness (QED) is 0.630. The van der Waals surface area contributed by atoms with E-state index in [9.17, 15) is 13.2 Å². The Balaban J connectivity index is 3.52. The normalized spacial score (nSPS) is 13.9. The molecule has 0 nitrogen and oxygen atoms in total. The van der Waals surface area contributed by atoms with Crippen LogP contribution in [0.5, 0.6) is 0 Å². The van der Waals surface area contributed by atoms with Crippen molar-refractivity contribution < 1.29 is 13.2 Å². The number of benzene rings is 1. The summed E-state index contributed by atoms with van der Waals surface area (Å²) < 4.78 is 39.8. The Morgan fingerprint density at radius 3 is 1.60 bits per heavy atom. The lowest BCUT2D eigenvalue weighted by Gasteiger charge is -2.31. The van der Waals surface area contributed by atoms with Crippen molar-refractivity contribution in [3.8, 4) is 0 Å². The lowest BCUT2D eigenvalue weighted by atomic mass is 9.77. The second kappa shape index (κ2) is 5.09. The van der Waals surface area contributed by atoms with E-state index >= 15 is 0 Å². The Hall–Kier alpha value is -0.990. The summed E-state index contributed by atoms with van der Waals surface area (Å²) in [5.74, 6) is 0.208. The number of rotatable bonds is 2. The van der Waals surface area contributed by atoms with Crippen molar-refractivity contribution in [2.24, 2.45) is 0 Å². The zero-order valence-electron chi connectivity index (χ0n) is 13.4. The first-order valence-electron chi connectivity index (χ1n) is 6.99. The molecular formula is C17H25F3. The van der Waals surface area contributed by atoms with Gasteiger partial charge in [0.15, 0.2) is 0 Å². The summed E-state index contributed by atoms with van der Waals surface area (Å²) in [5, 5.41) is 0. The van der Waals surface area contributed by atoms with Gasteiger partial charge in [0, 0.05) is 0 Å². The van der Waals surface area contributed by atoms with E-state index in [2.05, 4.69) is 0 Å². The van der Waals surface area contributed by atoms with Crippen LogP contribution in [0.1, 0.15) is 71.1 Å². The molecule has 3 heteroatoms. The summed E-state index contributed by atoms with van der Waals surface area (Å²) in [7, 11) is 0. The predicted octanol–water partition coefficient (Wildman–Crippen LogP) is 5.95. The number of hydrogen-bond donors (Lipinski definition) is 0. The minimum absolute atomic E-state index is 0.165. The molecule has 0 unspecified atom stereocenters. The van der Waals surface area contributed by atoms with Crippen LogP contribution in [0.4, 0.5) is 13.2 Å². The summed E-state index contributed by atoms with van der Waals surface area (Å²) >= 11 is 0. The number of hydrogen-bond acceptors (Lipinski definition) is 0. The van der Waals surface area contributed by atoms with Gasteiger partial charge in [-0.25, -0.2) is 0 Å². The minimum atomic E-state index is -4.25. The van der Waals surface area contributed by atoms with E-state index in [1.807, 2.05) is 40.7 Å². The zero-order chi connectivity index (χ0) is 15.9. The van der Waals surface area contributed by atoms with Gasteiger partial charge in [-0.3, -0.25) is 0 Å². The smallest absolute Gasteiger partial charge is 0.170 e. The van der Waals surface area contributed by atoms with Gasteiger partial charge < -0.3 is 0 Å². The minimum Gasteiger partial charge on any atom is -0.170 e. The molecule has 1 aromatic carbocycles. The van der Waals surface area contributed by atoms with E-state index in [1.165, 1.54) is 13.8 Å². The van der Waals surface area contributed by atoms with E-state index in [-0.39, 0.29) is 11.3 Å². The maximum Gasteiger partial charge on any atom is 0.397 e. The van der Waals surface area contributed by atoms with Crippen LogP contribution in [-0.4, -0.2) is 6.18 Å². The third kappa shape index (κ3) is 3.36. The Morgan fingerprint density at radius 1 is 0.800 bits per heavy atom. The van der Waals surface area contributed by atoms with E-state index in [4.69, 9.17) is 0 Å². The molecule has 20 heavy (non-hydrogen) atoms. The van der Waals surface area contributed by atoms with Gasteiger partial charge >= 0.3 is 6.18 Å². The van der Waals surface area contributed by atoms with Gasteiger partial charge in [-0.05, 0) is 41.9 Å². The van der Waals surface area contributed by atoms with E-state index < -0.39 is 11.6 Å². The standard InChI is InChI=1S/C17H25F3/c1-11(2)12-8-13(15(3,4)5)10-14(9-12)16(6,7)17(18,19)20/h8-11H,1-7H3. The molecule has 0 N–H and O–H groups in total. The summed E-state index contributed by atoms with van der Waals surface area (Å²) in [6, 6.07) is 5.44. The molecule has 114 valence electrons. The highest BCUT2D eigenvalue weighted by Crippen LogP contribution is 2.42. The van der Waals surface area contributed by atoms with Crippen molar-refractivity contribution in [1.82, 2.24) is 0 Å². The van der Waals surface area contributed by atoms with Crippen LogP contribution in [0.15, 0.2) is 18.2 Å². The third-order valence-electron chi connectivity index (χ3n) is 3.92. The maximum absolute atomic E-state index is 13.3. The molecule has 0 aliphatic carbocycles. The van der Waals surface area contributed by atoms with Gasteiger partial charge in [0.25, 0.3) is 0 Å². The Labute approximate surface area is 120 Å². The van der Waals surface area contributed by atoms with Gasteiger partial charge in [0.2, 0.25) is 0 Å². The fraction of sp³-hybridized carbons (Fsp3) is 0.647. The molecule has 1 aromatic rings. The van der Waals surface area contributed by atoms with Crippen LogP contribution < -0.4 is 0 Å². The van der Waals surface area contributed by atoms with Crippen LogP contribution in [-0.2, 0) is 10.8 Å². The molecule has 0 fully saturated rings. The molecule has 0 bridgehead atoms. The topological polar surface area (TPSA) is 0 Å². The lowest BCUT2D eigenvalue weighted by Crippen LogP contribution is -2.36. The third-order valence-corrected chi connectivity index (χ3v) is 3.92. The largest absolute Gasteiger partial charge is 0.397 e. The van der Waals surface area contributed by atoms with E-state index in [0.29, 0.717) is 5.56 Å². The molecule has 0 radical (unpaired) electrons. The SMILES string of the molecule is CC(C)c1cc(C(C)(C)C)cc(C(C)(C)C(F)(F)F)c1. The Morgan fingerprint density at radius 2 is 1.25 bits per heavy atom. The Bertz CT molecular complexity index is 474. The number of alkyl halides is 3. The van der Waals surface area contributed by atoms with Crippen LogP contribution in [0.2, 0.25) is 0 Å². The van der Waals surface area contributed by atoms with Gasteiger partial charge in [0.1, 0.15) is 0 Å². The van der Waals surface area contributed by atoms with Crippen LogP contribution >= 0.6 is 0 Å². The predicted molar refractivity (Wildman–Crippen MR) is 78.3 cm³/mol. The molecule has 0 heterocycles. The summed E-state index contributed by atoms with van der Waals surface area (Å²) in [4.78, 5) is 0. The molecule has 0 aromatic heterocycles. The lowest BCUT2D eigenvalue weighted by molar-refractivity contribution is -0.180. The molecule has 0 atom stereocenters. The van der Waals surface area contributed by atoms with Crippen molar-refractivity contribution >= 4 is 0 Å². The van der Waals surface area contributed by atoms with Gasteiger partial charge in [0.05, 0.1) is 5.41 Å². The molecule has 0 saturated heterocycles. The highest BCUT2D eigenvalue weighted by atomic mass is 19.4. The average Bonchev–Trinajstić information content (AvgIpc) is 2.25. The summed E-state index contributed by atoms with van der Waals surface area (Å²) in [6.45, 7) is 12.6. The summed E-state index contributed by atoms with van der Waals surface area (Å²) in [5.41, 5.74) is 0.265. The molecule has 0 spiro atoms. The van der Waals surface area contributed by atoms with Crippen molar-refractivity contribution in [1.29, 1.82) is 0 Å². The van der Waals surface area contributed by atoms with Gasteiger partial charge in [-0.2, -0.15) is 13.2 Å². The van der Waals surface area contributed by atoms with Crippen molar-refractivity contribution in [3.05, 3.63) is 34.9 Å². The second-order valence-corrected chi connectivity index (χ2v) is 7.37. The Kier molecular flexibility index (Phi) is 4.34. The molecule has 1 rings (SSSR count). The molecule has 0 saturated carbocycles. The molecule has 0 aliphatic rings. The zero-order valence-corrected chi connectivity index (χ0v) is 13.4. The first kappa shape index (κ1) is 17.1. The van der Waals surface area contributed by atoms with Crippen molar-refractivity contribution in [3.63, 3.8) is 0 Å². The van der Waals surface area contributed by atoms with Crippen LogP contribution in [0, 0.1) is 0 Å². The second-order valence-electron chi connectivity index (χ2n) is 7.37. The fourth-order valence-electron chi connectivity index (χ4n) is 1.94. The first-order chi connectivity index (χ1) is 8.76. The first-order valence-corrected chi connectivity index (χ1v) is 6.99. The molecular weight excluding hydrogens is 261 g/mol. The van der Waals surface area contributed by atoms with Crippen molar-refractivity contribution in [2.45, 2.75) is 71.4 Å². The van der Waals surface area contributed by atoms with E-state index in [1.54, 1.807) is 12.1 Å². The van der Waals surface area contributed by atoms with E-state index in [0.717, 1.165) is 11.1 Å². The van der Waals surface area contributed by atoms with Crippen LogP contribution in [0.25, 0.3) is 0 Å². The van der Waals surface area contributed by atoms with Crippen LogP contribution in [0.3, 0.4) is 0 Å². The fourth-order valence-corrected chi connectivity index (χ4v) is 1.94. The highest BCUT2D eigenvalue weighted by molar-refractivity contribution is 5.39. The average molecular weight is 286 g/mol. The highest BCUT2D eigenvalue weighted by Gasteiger charge is 2.48. The van der Waals surface area contributed by atoms with Gasteiger partial charge in [-0.15, -0.1) is 0 Å². The van der Waals surface area contributed by atoms with Crippen molar-refractivity contribution in [2.75, 3.05) is 0 Å². The number of halogens is 3. The van der Waals surface area contributed by atoms with Gasteiger partial charge in [-0.1, -0.05) is 52.8 Å². The molecule has 0 amide bonds.